The summed E-state index contributed by atoms with van der Waals surface area (Å²) in [5, 5.41) is 0. The molecule has 0 rings (SSSR count). The Bertz CT molecular complexity index is 129. The Morgan fingerprint density at radius 2 is 1.47 bits per heavy atom. The number of unbranched alkanes of at least 4 members (excludes halogenated alkanes) is 7. The number of rotatable bonds is 11. The minimum Gasteiger partial charge on any atom is -0.502 e. The number of hydrogen-bond donors (Lipinski definition) is 0. The molecule has 0 heterocycles. The van der Waals surface area contributed by atoms with Crippen molar-refractivity contribution in [2.24, 2.45) is 0 Å². The van der Waals surface area contributed by atoms with Gasteiger partial charge in [0.25, 0.3) is 0 Å². The van der Waals surface area contributed by atoms with Crippen LogP contribution in [0.2, 0.25) is 0 Å². The summed E-state index contributed by atoms with van der Waals surface area (Å²) < 4.78 is 5.34. The van der Waals surface area contributed by atoms with Gasteiger partial charge < -0.3 is 4.74 Å². The van der Waals surface area contributed by atoms with Crippen molar-refractivity contribution in [1.29, 1.82) is 0 Å². The van der Waals surface area contributed by atoms with Gasteiger partial charge >= 0.3 is 0 Å². The predicted octanol–water partition coefficient (Wildman–Crippen LogP) is 5.07. The van der Waals surface area contributed by atoms with E-state index >= 15 is 0 Å². The first kappa shape index (κ1) is 14.5. The van der Waals surface area contributed by atoms with E-state index in [1.54, 1.807) is 0 Å². The van der Waals surface area contributed by atoms with E-state index in [-0.39, 0.29) is 0 Å². The fourth-order valence-corrected chi connectivity index (χ4v) is 1.47. The molecule has 1 heteroatoms. The van der Waals surface area contributed by atoms with Crippen LogP contribution in [-0.4, -0.2) is 6.61 Å². The van der Waals surface area contributed by atoms with Gasteiger partial charge in [-0.25, -0.2) is 0 Å². The van der Waals surface area contributed by atoms with Crippen molar-refractivity contribution in [2.75, 3.05) is 6.61 Å². The Kier molecular flexibility index (Phi) is 13.1. The summed E-state index contributed by atoms with van der Waals surface area (Å²) >= 11 is 0. The Labute approximate surface area is 95.9 Å². The highest BCUT2D eigenvalue weighted by Crippen LogP contribution is 2.07. The maximum atomic E-state index is 5.34. The summed E-state index contributed by atoms with van der Waals surface area (Å²) in [5.74, 6) is 0. The van der Waals surface area contributed by atoms with Crippen LogP contribution in [0.4, 0.5) is 0 Å². The lowest BCUT2D eigenvalue weighted by molar-refractivity contribution is 0.242. The molecule has 0 aromatic rings. The zero-order valence-corrected chi connectivity index (χ0v) is 10.6. The topological polar surface area (TPSA) is 9.23 Å². The highest BCUT2D eigenvalue weighted by atomic mass is 16.5. The molecular weight excluding hydrogens is 184 g/mol. The predicted molar refractivity (Wildman–Crippen MR) is 68.0 cm³/mol. The van der Waals surface area contributed by atoms with E-state index in [4.69, 9.17) is 4.74 Å². The normalized spacial score (nSPS) is 11.1. The van der Waals surface area contributed by atoms with Gasteiger partial charge in [-0.2, -0.15) is 0 Å². The molecule has 0 unspecified atom stereocenters. The highest BCUT2D eigenvalue weighted by molar-refractivity contribution is 4.73. The number of allylic oxidation sites excluding steroid dienone is 1. The highest BCUT2D eigenvalue weighted by Gasteiger charge is 1.88. The fraction of sp³-hybridized carbons (Fsp3) is 0.857. The van der Waals surface area contributed by atoms with Gasteiger partial charge in [0.05, 0.1) is 12.9 Å². The van der Waals surface area contributed by atoms with Gasteiger partial charge in [0.1, 0.15) is 0 Å². The minimum atomic E-state index is 0.878. The van der Waals surface area contributed by atoms with Crippen molar-refractivity contribution in [2.45, 2.75) is 71.6 Å². The second-order valence-electron chi connectivity index (χ2n) is 4.15. The van der Waals surface area contributed by atoms with Crippen LogP contribution in [0.5, 0.6) is 0 Å². The van der Waals surface area contributed by atoms with Gasteiger partial charge in [-0.05, 0) is 25.3 Å². The van der Waals surface area contributed by atoms with Crippen LogP contribution in [0.15, 0.2) is 12.3 Å². The number of ether oxygens (including phenoxy) is 1. The third-order valence-corrected chi connectivity index (χ3v) is 2.53. The van der Waals surface area contributed by atoms with Crippen LogP contribution < -0.4 is 0 Å². The average Bonchev–Trinajstić information content (AvgIpc) is 2.26. The summed E-state index contributed by atoms with van der Waals surface area (Å²) in [7, 11) is 0. The molecule has 15 heavy (non-hydrogen) atoms. The van der Waals surface area contributed by atoms with Crippen molar-refractivity contribution in [3.63, 3.8) is 0 Å². The molecule has 90 valence electrons. The summed E-state index contributed by atoms with van der Waals surface area (Å²) in [6, 6.07) is 0. The first-order valence-electron chi connectivity index (χ1n) is 6.68. The van der Waals surface area contributed by atoms with E-state index in [0.717, 1.165) is 6.61 Å². The van der Waals surface area contributed by atoms with E-state index in [1.807, 2.05) is 6.26 Å². The molecule has 0 aliphatic heterocycles. The van der Waals surface area contributed by atoms with Crippen LogP contribution in [0.25, 0.3) is 0 Å². The average molecular weight is 212 g/mol. The van der Waals surface area contributed by atoms with Gasteiger partial charge in [0, 0.05) is 0 Å². The quantitative estimate of drug-likeness (QED) is 0.343. The summed E-state index contributed by atoms with van der Waals surface area (Å²) in [6.07, 6.45) is 15.8. The molecule has 0 saturated carbocycles. The van der Waals surface area contributed by atoms with Crippen molar-refractivity contribution in [3.05, 3.63) is 12.3 Å². The monoisotopic (exact) mass is 212 g/mol. The molecule has 1 nitrogen and oxygen atoms in total. The van der Waals surface area contributed by atoms with E-state index in [1.165, 1.54) is 57.8 Å². The van der Waals surface area contributed by atoms with Crippen LogP contribution in [0.3, 0.4) is 0 Å². The van der Waals surface area contributed by atoms with Gasteiger partial charge in [-0.3, -0.25) is 0 Å². The molecule has 0 aromatic heterocycles. The molecule has 0 fully saturated rings. The molecule has 0 aliphatic rings. The van der Waals surface area contributed by atoms with Crippen molar-refractivity contribution < 1.29 is 4.74 Å². The SMILES string of the molecule is CCCCCCCC/C=C\OCCCC. The third kappa shape index (κ3) is 13.5. The molecule has 0 radical (unpaired) electrons. The lowest BCUT2D eigenvalue weighted by Gasteiger charge is -1.99. The van der Waals surface area contributed by atoms with Crippen molar-refractivity contribution in [1.82, 2.24) is 0 Å². The van der Waals surface area contributed by atoms with E-state index < -0.39 is 0 Å². The largest absolute Gasteiger partial charge is 0.502 e. The van der Waals surface area contributed by atoms with Crippen molar-refractivity contribution in [3.8, 4) is 0 Å². The molecule has 0 amide bonds. The first-order chi connectivity index (χ1) is 7.41. The molecule has 0 atom stereocenters. The minimum absolute atomic E-state index is 0.878. The maximum absolute atomic E-state index is 5.34. The maximum Gasteiger partial charge on any atom is 0.0873 e. The van der Waals surface area contributed by atoms with Crippen LogP contribution in [-0.2, 0) is 4.74 Å². The lowest BCUT2D eigenvalue weighted by atomic mass is 10.1. The van der Waals surface area contributed by atoms with Crippen molar-refractivity contribution >= 4 is 0 Å². The lowest BCUT2D eigenvalue weighted by Crippen LogP contribution is -1.85. The van der Waals surface area contributed by atoms with Gasteiger partial charge in [-0.1, -0.05) is 52.4 Å². The first-order valence-corrected chi connectivity index (χ1v) is 6.68. The summed E-state index contributed by atoms with van der Waals surface area (Å²) in [6.45, 7) is 5.32. The molecule has 0 aromatic carbocycles. The fourth-order valence-electron chi connectivity index (χ4n) is 1.47. The van der Waals surface area contributed by atoms with E-state index in [0.29, 0.717) is 0 Å². The molecule has 0 spiro atoms. The van der Waals surface area contributed by atoms with E-state index in [9.17, 15) is 0 Å². The Morgan fingerprint density at radius 1 is 0.800 bits per heavy atom. The molecule has 0 aliphatic carbocycles. The van der Waals surface area contributed by atoms with E-state index in [2.05, 4.69) is 19.9 Å². The molecular formula is C14H28O. The number of hydrogen-bond acceptors (Lipinski definition) is 1. The van der Waals surface area contributed by atoms with Crippen LogP contribution >= 0.6 is 0 Å². The Morgan fingerprint density at radius 3 is 2.20 bits per heavy atom. The zero-order valence-electron chi connectivity index (χ0n) is 10.6. The Hall–Kier alpha value is -0.460. The van der Waals surface area contributed by atoms with Gasteiger partial charge in [0.15, 0.2) is 0 Å². The standard InChI is InChI=1S/C14H28O/c1-3-5-7-8-9-10-11-12-14-15-13-6-4-2/h12,14H,3-11,13H2,1-2H3/b14-12-. The summed E-state index contributed by atoms with van der Waals surface area (Å²) in [5.41, 5.74) is 0. The van der Waals surface area contributed by atoms with Gasteiger partial charge in [-0.15, -0.1) is 0 Å². The Balaban J connectivity index is 2.96. The van der Waals surface area contributed by atoms with Gasteiger partial charge in [0.2, 0.25) is 0 Å². The molecule has 0 N–H and O–H groups in total. The molecule has 0 bridgehead atoms. The van der Waals surface area contributed by atoms with Crippen LogP contribution in [0, 0.1) is 0 Å². The third-order valence-electron chi connectivity index (χ3n) is 2.53. The second kappa shape index (κ2) is 13.5. The summed E-state index contributed by atoms with van der Waals surface area (Å²) in [4.78, 5) is 0. The van der Waals surface area contributed by atoms with Crippen LogP contribution in [0.1, 0.15) is 71.6 Å². The molecule has 0 saturated heterocycles. The smallest absolute Gasteiger partial charge is 0.0873 e. The second-order valence-corrected chi connectivity index (χ2v) is 4.15. The zero-order chi connectivity index (χ0) is 11.2.